The molecule has 1 unspecified atom stereocenters. The Hall–Kier alpha value is 1.54. The standard InChI is InChI=1S/C14H31O2P.Nd/c1-3-5-7-9-11-13-16-17(15)14-12-10-8-6-4-2;/h17H,3-14H2,1-2H3;. The number of unbranched alkanes of at least 4 members (excludes halogenated alkanes) is 8. The summed E-state index contributed by atoms with van der Waals surface area (Å²) in [5.74, 6) is 0. The summed E-state index contributed by atoms with van der Waals surface area (Å²) in [5, 5.41) is 0. The van der Waals surface area contributed by atoms with E-state index < -0.39 is 8.03 Å². The summed E-state index contributed by atoms with van der Waals surface area (Å²) in [6, 6.07) is 0. The minimum absolute atomic E-state index is 0. The Morgan fingerprint density at radius 3 is 1.83 bits per heavy atom. The molecule has 0 saturated carbocycles. The van der Waals surface area contributed by atoms with Gasteiger partial charge in [0.1, 0.15) is 0 Å². The molecule has 0 saturated heterocycles. The van der Waals surface area contributed by atoms with Crippen LogP contribution >= 0.6 is 8.03 Å². The molecule has 4 heteroatoms. The van der Waals surface area contributed by atoms with Gasteiger partial charge < -0.3 is 4.52 Å². The predicted octanol–water partition coefficient (Wildman–Crippen LogP) is 5.42. The maximum Gasteiger partial charge on any atom is 0.191 e. The molecule has 0 aliphatic rings. The van der Waals surface area contributed by atoms with Gasteiger partial charge in [-0.25, -0.2) is 0 Å². The van der Waals surface area contributed by atoms with Gasteiger partial charge in [-0.1, -0.05) is 65.2 Å². The second-order valence-electron chi connectivity index (χ2n) is 4.80. The largest absolute Gasteiger partial charge is 0.330 e. The van der Waals surface area contributed by atoms with Crippen molar-refractivity contribution >= 4 is 8.03 Å². The first-order valence-corrected chi connectivity index (χ1v) is 8.99. The zero-order chi connectivity index (χ0) is 12.8. The van der Waals surface area contributed by atoms with Gasteiger partial charge in [-0.15, -0.1) is 0 Å². The molecular formula is C14H31NdO2P. The minimum atomic E-state index is -1.72. The number of rotatable bonds is 13. The van der Waals surface area contributed by atoms with Crippen molar-refractivity contribution in [1.29, 1.82) is 0 Å². The molecule has 0 aromatic heterocycles. The molecule has 0 heterocycles. The van der Waals surface area contributed by atoms with Crippen molar-refractivity contribution < 1.29 is 49.9 Å². The molecule has 0 aromatic carbocycles. The van der Waals surface area contributed by atoms with Gasteiger partial charge in [0.05, 0.1) is 6.61 Å². The zero-order valence-corrected chi connectivity index (χ0v) is 16.5. The Balaban J connectivity index is 0. The van der Waals surface area contributed by atoms with Gasteiger partial charge in [0.25, 0.3) is 0 Å². The Morgan fingerprint density at radius 2 is 1.28 bits per heavy atom. The van der Waals surface area contributed by atoms with Crippen LogP contribution in [0.2, 0.25) is 0 Å². The Kier molecular flexibility index (Phi) is 22.5. The van der Waals surface area contributed by atoms with E-state index in [9.17, 15) is 4.57 Å². The quantitative estimate of drug-likeness (QED) is 0.302. The van der Waals surface area contributed by atoms with Gasteiger partial charge in [0, 0.05) is 47.0 Å². The first-order chi connectivity index (χ1) is 8.31. The van der Waals surface area contributed by atoms with Crippen molar-refractivity contribution in [3.8, 4) is 0 Å². The summed E-state index contributed by atoms with van der Waals surface area (Å²) in [7, 11) is -1.72. The van der Waals surface area contributed by atoms with Gasteiger partial charge in [-0.3, -0.25) is 4.57 Å². The fourth-order valence-electron chi connectivity index (χ4n) is 1.84. The van der Waals surface area contributed by atoms with E-state index >= 15 is 0 Å². The maximum absolute atomic E-state index is 11.5. The monoisotopic (exact) mass is 404 g/mol. The Morgan fingerprint density at radius 1 is 0.778 bits per heavy atom. The molecule has 18 heavy (non-hydrogen) atoms. The fraction of sp³-hybridized carbons (Fsp3) is 1.00. The van der Waals surface area contributed by atoms with Gasteiger partial charge >= 0.3 is 0 Å². The minimum Gasteiger partial charge on any atom is -0.330 e. The van der Waals surface area contributed by atoms with Crippen molar-refractivity contribution in [1.82, 2.24) is 0 Å². The molecule has 0 aliphatic carbocycles. The van der Waals surface area contributed by atoms with Crippen molar-refractivity contribution in [3.05, 3.63) is 0 Å². The Bertz CT molecular complexity index is 177. The van der Waals surface area contributed by atoms with Gasteiger partial charge in [0.2, 0.25) is 0 Å². The van der Waals surface area contributed by atoms with Crippen LogP contribution in [-0.4, -0.2) is 12.8 Å². The van der Waals surface area contributed by atoms with E-state index in [1.807, 2.05) is 0 Å². The molecule has 0 bridgehead atoms. The van der Waals surface area contributed by atoms with E-state index in [-0.39, 0.29) is 40.8 Å². The van der Waals surface area contributed by atoms with E-state index in [1.165, 1.54) is 51.4 Å². The number of hydrogen-bond donors (Lipinski definition) is 0. The van der Waals surface area contributed by atoms with Crippen molar-refractivity contribution in [2.75, 3.05) is 12.8 Å². The second-order valence-corrected chi connectivity index (χ2v) is 6.33. The third kappa shape index (κ3) is 17.5. The summed E-state index contributed by atoms with van der Waals surface area (Å²) < 4.78 is 16.9. The molecule has 0 fully saturated rings. The molecule has 108 valence electrons. The summed E-state index contributed by atoms with van der Waals surface area (Å²) in [6.45, 7) is 5.13. The van der Waals surface area contributed by atoms with Crippen molar-refractivity contribution in [3.63, 3.8) is 0 Å². The van der Waals surface area contributed by atoms with Crippen LogP contribution < -0.4 is 0 Å². The van der Waals surface area contributed by atoms with E-state index in [2.05, 4.69) is 13.8 Å². The maximum atomic E-state index is 11.5. The van der Waals surface area contributed by atoms with Crippen LogP contribution in [0, 0.1) is 40.8 Å². The summed E-state index contributed by atoms with van der Waals surface area (Å²) in [4.78, 5) is 0. The van der Waals surface area contributed by atoms with Crippen LogP contribution in [0.1, 0.15) is 78.1 Å². The molecule has 0 radical (unpaired) electrons. The SMILES string of the molecule is CCCCCCCO[PH](=O)CCCCCCC.[Nd]. The zero-order valence-electron chi connectivity index (χ0n) is 12.3. The third-order valence-electron chi connectivity index (χ3n) is 3.00. The molecule has 0 rings (SSSR count). The average molecular weight is 407 g/mol. The van der Waals surface area contributed by atoms with Crippen LogP contribution in [0.3, 0.4) is 0 Å². The van der Waals surface area contributed by atoms with Crippen LogP contribution in [0.5, 0.6) is 0 Å². The van der Waals surface area contributed by atoms with Crippen LogP contribution in [0.4, 0.5) is 0 Å². The topological polar surface area (TPSA) is 26.3 Å². The van der Waals surface area contributed by atoms with E-state index in [0.29, 0.717) is 6.61 Å². The molecule has 0 amide bonds. The van der Waals surface area contributed by atoms with Crippen LogP contribution in [-0.2, 0) is 9.09 Å². The Labute approximate surface area is 147 Å². The van der Waals surface area contributed by atoms with Crippen LogP contribution in [0.15, 0.2) is 0 Å². The molecule has 0 aromatic rings. The van der Waals surface area contributed by atoms with Crippen molar-refractivity contribution in [2.45, 2.75) is 78.1 Å². The number of hydrogen-bond acceptors (Lipinski definition) is 2. The molecule has 0 spiro atoms. The normalized spacial score (nSPS) is 12.1. The van der Waals surface area contributed by atoms with Gasteiger partial charge in [-0.2, -0.15) is 0 Å². The first-order valence-electron chi connectivity index (χ1n) is 7.46. The predicted molar refractivity (Wildman–Crippen MR) is 77.3 cm³/mol. The summed E-state index contributed by atoms with van der Waals surface area (Å²) in [5.41, 5.74) is 0. The van der Waals surface area contributed by atoms with Crippen LogP contribution in [0.25, 0.3) is 0 Å². The van der Waals surface area contributed by atoms with Crippen molar-refractivity contribution in [2.24, 2.45) is 0 Å². The molecule has 2 nitrogen and oxygen atoms in total. The van der Waals surface area contributed by atoms with Gasteiger partial charge in [0.15, 0.2) is 8.03 Å². The first kappa shape index (κ1) is 21.8. The smallest absolute Gasteiger partial charge is 0.191 e. The summed E-state index contributed by atoms with van der Waals surface area (Å²) >= 11 is 0. The van der Waals surface area contributed by atoms with E-state index in [1.54, 1.807) is 0 Å². The van der Waals surface area contributed by atoms with E-state index in [0.717, 1.165) is 19.0 Å². The van der Waals surface area contributed by atoms with Gasteiger partial charge in [-0.05, 0) is 12.8 Å². The fourth-order valence-corrected chi connectivity index (χ4v) is 2.89. The molecule has 0 N–H and O–H groups in total. The van der Waals surface area contributed by atoms with E-state index in [4.69, 9.17) is 4.52 Å². The molecular weight excluding hydrogens is 375 g/mol. The third-order valence-corrected chi connectivity index (χ3v) is 4.28. The average Bonchev–Trinajstić information content (AvgIpc) is 2.33. The second kappa shape index (κ2) is 18.5. The summed E-state index contributed by atoms with van der Waals surface area (Å²) in [6.07, 6.45) is 13.1. The molecule has 0 aliphatic heterocycles. The molecule has 1 atom stereocenters.